The number of ketones is 1. The van der Waals surface area contributed by atoms with E-state index in [1.807, 2.05) is 6.08 Å². The Labute approximate surface area is 71.6 Å². The van der Waals surface area contributed by atoms with E-state index in [9.17, 15) is 4.79 Å². The fourth-order valence-corrected chi connectivity index (χ4v) is 1.32. The van der Waals surface area contributed by atoms with Crippen molar-refractivity contribution in [1.82, 2.24) is 0 Å². The number of hydrogen-bond acceptors (Lipinski definition) is 3. The van der Waals surface area contributed by atoms with E-state index < -0.39 is 5.54 Å². The van der Waals surface area contributed by atoms with E-state index in [-0.39, 0.29) is 5.78 Å². The molecule has 0 bridgehead atoms. The van der Waals surface area contributed by atoms with Crippen molar-refractivity contribution in [3.05, 3.63) is 11.8 Å². The Morgan fingerprint density at radius 1 is 1.58 bits per heavy atom. The first-order valence-corrected chi connectivity index (χ1v) is 4.39. The summed E-state index contributed by atoms with van der Waals surface area (Å²) in [5.74, 6) is 0.503. The van der Waals surface area contributed by atoms with E-state index in [1.165, 1.54) is 0 Å². The highest BCUT2D eigenvalue weighted by Crippen LogP contribution is 2.36. The van der Waals surface area contributed by atoms with Crippen LogP contribution in [0, 0.1) is 0 Å². The lowest BCUT2D eigenvalue weighted by molar-refractivity contribution is -0.121. The topological polar surface area (TPSA) is 52.3 Å². The van der Waals surface area contributed by atoms with Crippen molar-refractivity contribution in [3.63, 3.8) is 0 Å². The second-order valence-corrected chi connectivity index (χ2v) is 3.54. The molecule has 0 atom stereocenters. The number of carbonyl (C=O) groups is 1. The summed E-state index contributed by atoms with van der Waals surface area (Å²) >= 11 is 0. The average Bonchev–Trinajstić information content (AvgIpc) is 2.85. The molecule has 0 unspecified atom stereocenters. The van der Waals surface area contributed by atoms with Crippen molar-refractivity contribution >= 4 is 5.78 Å². The van der Waals surface area contributed by atoms with E-state index in [1.54, 1.807) is 0 Å². The Balaban J connectivity index is 2.08. The van der Waals surface area contributed by atoms with E-state index >= 15 is 0 Å². The standard InChI is InChI=1S/C9H13NO2/c10-9(4-5-9)8(11)7-3-1-2-6-12-7/h3H,1-2,4-6,10H2. The molecule has 2 aliphatic rings. The summed E-state index contributed by atoms with van der Waals surface area (Å²) in [5.41, 5.74) is 5.18. The molecule has 1 fully saturated rings. The first-order valence-electron chi connectivity index (χ1n) is 4.39. The summed E-state index contributed by atoms with van der Waals surface area (Å²) in [6.45, 7) is 0.660. The Kier molecular flexibility index (Phi) is 1.68. The first-order chi connectivity index (χ1) is 5.72. The Morgan fingerprint density at radius 3 is 2.83 bits per heavy atom. The van der Waals surface area contributed by atoms with Crippen molar-refractivity contribution in [3.8, 4) is 0 Å². The largest absolute Gasteiger partial charge is 0.490 e. The molecule has 0 aromatic rings. The number of Topliss-reactive ketones (excluding diaryl/α,β-unsaturated/α-hetero) is 1. The van der Waals surface area contributed by atoms with Crippen LogP contribution in [-0.4, -0.2) is 17.9 Å². The third kappa shape index (κ3) is 1.25. The van der Waals surface area contributed by atoms with Crippen LogP contribution in [0.1, 0.15) is 25.7 Å². The summed E-state index contributed by atoms with van der Waals surface area (Å²) in [5, 5.41) is 0. The molecule has 0 aromatic carbocycles. The molecular weight excluding hydrogens is 154 g/mol. The molecule has 0 spiro atoms. The van der Waals surface area contributed by atoms with Crippen LogP contribution in [0.3, 0.4) is 0 Å². The van der Waals surface area contributed by atoms with Crippen LogP contribution in [0.2, 0.25) is 0 Å². The zero-order valence-corrected chi connectivity index (χ0v) is 7.01. The highest BCUT2D eigenvalue weighted by molar-refractivity contribution is 6.03. The molecule has 1 aliphatic carbocycles. The van der Waals surface area contributed by atoms with Gasteiger partial charge in [0.25, 0.3) is 0 Å². The maximum atomic E-state index is 11.6. The summed E-state index contributed by atoms with van der Waals surface area (Å²) in [4.78, 5) is 11.6. The number of hydrogen-bond donors (Lipinski definition) is 1. The fraction of sp³-hybridized carbons (Fsp3) is 0.667. The quantitative estimate of drug-likeness (QED) is 0.660. The van der Waals surface area contributed by atoms with Gasteiger partial charge in [-0.25, -0.2) is 0 Å². The van der Waals surface area contributed by atoms with Crippen molar-refractivity contribution in [2.75, 3.05) is 6.61 Å². The van der Waals surface area contributed by atoms with Gasteiger partial charge in [0.15, 0.2) is 5.76 Å². The van der Waals surface area contributed by atoms with Gasteiger partial charge >= 0.3 is 0 Å². The molecule has 0 amide bonds. The maximum absolute atomic E-state index is 11.6. The third-order valence-electron chi connectivity index (χ3n) is 2.40. The Morgan fingerprint density at radius 2 is 2.33 bits per heavy atom. The molecule has 1 aliphatic heterocycles. The smallest absolute Gasteiger partial charge is 0.216 e. The number of rotatable bonds is 2. The van der Waals surface area contributed by atoms with E-state index in [2.05, 4.69) is 0 Å². The van der Waals surface area contributed by atoms with Crippen LogP contribution in [0.25, 0.3) is 0 Å². The van der Waals surface area contributed by atoms with Gasteiger partial charge in [0.05, 0.1) is 12.1 Å². The molecule has 0 saturated heterocycles. The molecule has 2 N–H and O–H groups in total. The zero-order valence-electron chi connectivity index (χ0n) is 7.01. The van der Waals surface area contributed by atoms with Crippen LogP contribution < -0.4 is 5.73 Å². The highest BCUT2D eigenvalue weighted by Gasteiger charge is 2.47. The highest BCUT2D eigenvalue weighted by atomic mass is 16.5. The van der Waals surface area contributed by atoms with Crippen LogP contribution in [0.4, 0.5) is 0 Å². The van der Waals surface area contributed by atoms with Gasteiger partial charge in [-0.1, -0.05) is 0 Å². The SMILES string of the molecule is NC1(C(=O)C2=CCCCO2)CC1. The van der Waals surface area contributed by atoms with Crippen molar-refractivity contribution in [1.29, 1.82) is 0 Å². The van der Waals surface area contributed by atoms with Crippen LogP contribution in [0.15, 0.2) is 11.8 Å². The first kappa shape index (κ1) is 7.80. The minimum Gasteiger partial charge on any atom is -0.490 e. The molecule has 2 rings (SSSR count). The summed E-state index contributed by atoms with van der Waals surface area (Å²) < 4.78 is 5.24. The Hall–Kier alpha value is -0.830. The van der Waals surface area contributed by atoms with Crippen molar-refractivity contribution in [2.45, 2.75) is 31.2 Å². The second kappa shape index (κ2) is 2.59. The van der Waals surface area contributed by atoms with Gasteiger partial charge in [-0.3, -0.25) is 4.79 Å². The number of nitrogens with two attached hydrogens (primary N) is 1. The predicted octanol–water partition coefficient (Wildman–Crippen LogP) is 0.741. The van der Waals surface area contributed by atoms with Gasteiger partial charge in [0, 0.05) is 0 Å². The number of carbonyl (C=O) groups excluding carboxylic acids is 1. The lowest BCUT2D eigenvalue weighted by atomic mass is 10.1. The molecule has 3 nitrogen and oxygen atoms in total. The van der Waals surface area contributed by atoms with Crippen LogP contribution >= 0.6 is 0 Å². The molecule has 1 saturated carbocycles. The lowest BCUT2D eigenvalue weighted by Gasteiger charge is -2.16. The molecule has 0 radical (unpaired) electrons. The van der Waals surface area contributed by atoms with Crippen LogP contribution in [0.5, 0.6) is 0 Å². The van der Waals surface area contributed by atoms with Gasteiger partial charge in [0.1, 0.15) is 0 Å². The summed E-state index contributed by atoms with van der Waals surface area (Å²) in [7, 11) is 0. The van der Waals surface area contributed by atoms with Crippen molar-refractivity contribution < 1.29 is 9.53 Å². The van der Waals surface area contributed by atoms with Crippen molar-refractivity contribution in [2.24, 2.45) is 5.73 Å². The molecular formula is C9H13NO2. The summed E-state index contributed by atoms with van der Waals surface area (Å²) in [6.07, 6.45) is 5.43. The molecule has 3 heteroatoms. The van der Waals surface area contributed by atoms with E-state index in [0.29, 0.717) is 12.4 Å². The normalized spacial score (nSPS) is 25.6. The monoisotopic (exact) mass is 167 g/mol. The zero-order chi connectivity index (χ0) is 8.60. The average molecular weight is 167 g/mol. The molecule has 12 heavy (non-hydrogen) atoms. The summed E-state index contributed by atoms with van der Waals surface area (Å²) in [6, 6.07) is 0. The molecule has 1 heterocycles. The van der Waals surface area contributed by atoms with E-state index in [4.69, 9.17) is 10.5 Å². The van der Waals surface area contributed by atoms with Gasteiger partial charge < -0.3 is 10.5 Å². The van der Waals surface area contributed by atoms with Gasteiger partial charge in [0.2, 0.25) is 5.78 Å². The van der Waals surface area contributed by atoms with Gasteiger partial charge in [-0.2, -0.15) is 0 Å². The van der Waals surface area contributed by atoms with Gasteiger partial charge in [-0.05, 0) is 31.8 Å². The number of allylic oxidation sites excluding steroid dienone is 1. The maximum Gasteiger partial charge on any atom is 0.216 e. The van der Waals surface area contributed by atoms with Crippen LogP contribution in [-0.2, 0) is 9.53 Å². The minimum atomic E-state index is -0.566. The Bertz CT molecular complexity index is 241. The molecule has 0 aromatic heterocycles. The second-order valence-electron chi connectivity index (χ2n) is 3.54. The fourth-order valence-electron chi connectivity index (χ4n) is 1.32. The molecule has 66 valence electrons. The van der Waals surface area contributed by atoms with E-state index in [0.717, 1.165) is 25.7 Å². The third-order valence-corrected chi connectivity index (χ3v) is 2.40. The van der Waals surface area contributed by atoms with Gasteiger partial charge in [-0.15, -0.1) is 0 Å². The lowest BCUT2D eigenvalue weighted by Crippen LogP contribution is -2.35. The number of ether oxygens (including phenoxy) is 1. The predicted molar refractivity (Wildman–Crippen MR) is 44.4 cm³/mol. The minimum absolute atomic E-state index is 0.00204.